The van der Waals surface area contributed by atoms with Gasteiger partial charge in [-0.3, -0.25) is 0 Å². The van der Waals surface area contributed by atoms with Gasteiger partial charge in [0.2, 0.25) is 5.95 Å². The number of nitrogens with zero attached hydrogens (tertiary/aromatic N) is 3. The molecule has 170 valence electrons. The van der Waals surface area contributed by atoms with Crippen LogP contribution in [0.5, 0.6) is 17.2 Å². The van der Waals surface area contributed by atoms with Gasteiger partial charge in [-0.15, -0.1) is 0 Å². The van der Waals surface area contributed by atoms with Gasteiger partial charge in [0.25, 0.3) is 0 Å². The molecule has 1 aromatic heterocycles. The van der Waals surface area contributed by atoms with E-state index < -0.39 is 0 Å². The number of benzene rings is 3. The van der Waals surface area contributed by atoms with Crippen molar-refractivity contribution < 1.29 is 14.2 Å². The maximum absolute atomic E-state index is 6.68. The number of anilines is 1. The van der Waals surface area contributed by atoms with E-state index in [1.54, 1.807) is 20.5 Å². The van der Waals surface area contributed by atoms with Gasteiger partial charge in [-0.05, 0) is 48.4 Å². The molecular weight excluding hydrogens is 428 g/mol. The molecular formula is C27H24N4O3. The number of rotatable bonds is 4. The number of nitrogens with one attached hydrogen (secondary N) is 1. The molecule has 0 spiro atoms. The van der Waals surface area contributed by atoms with Crippen LogP contribution in [0.15, 0.2) is 78.6 Å². The Balaban J connectivity index is 1.61. The molecule has 4 aromatic rings. The fourth-order valence-corrected chi connectivity index (χ4v) is 4.70. The number of hydrogen-bond acceptors (Lipinski definition) is 6. The number of aromatic nitrogens is 3. The van der Waals surface area contributed by atoms with Crippen LogP contribution < -0.4 is 19.5 Å². The molecule has 3 heterocycles. The third kappa shape index (κ3) is 3.20. The lowest BCUT2D eigenvalue weighted by atomic mass is 9.84. The molecule has 1 N–H and O–H groups in total. The van der Waals surface area contributed by atoms with Crippen LogP contribution in [-0.4, -0.2) is 29.0 Å². The molecule has 6 rings (SSSR count). The smallest absolute Gasteiger partial charge is 0.226 e. The topological polar surface area (TPSA) is 70.4 Å². The number of ether oxygens (including phenoxy) is 3. The van der Waals surface area contributed by atoms with Gasteiger partial charge in [-0.25, -0.2) is 4.68 Å². The minimum absolute atomic E-state index is 0.217. The van der Waals surface area contributed by atoms with Crippen LogP contribution >= 0.6 is 0 Å². The van der Waals surface area contributed by atoms with Crippen LogP contribution in [0.2, 0.25) is 0 Å². The lowest BCUT2D eigenvalue weighted by Crippen LogP contribution is -2.32. The molecule has 7 heteroatoms. The van der Waals surface area contributed by atoms with E-state index in [1.165, 1.54) is 5.56 Å². The highest BCUT2D eigenvalue weighted by atomic mass is 16.5. The molecule has 0 amide bonds. The molecule has 7 nitrogen and oxygen atoms in total. The quantitative estimate of drug-likeness (QED) is 0.461. The van der Waals surface area contributed by atoms with Gasteiger partial charge in [0, 0.05) is 11.1 Å². The lowest BCUT2D eigenvalue weighted by Gasteiger charge is -2.39. The molecule has 2 aliphatic heterocycles. The van der Waals surface area contributed by atoms with E-state index >= 15 is 0 Å². The Morgan fingerprint density at radius 1 is 0.882 bits per heavy atom. The van der Waals surface area contributed by atoms with Crippen LogP contribution in [0.4, 0.5) is 5.95 Å². The predicted octanol–water partition coefficient (Wildman–Crippen LogP) is 5.16. The lowest BCUT2D eigenvalue weighted by molar-refractivity contribution is 0.222. The van der Waals surface area contributed by atoms with Crippen LogP contribution in [0.3, 0.4) is 0 Å². The van der Waals surface area contributed by atoms with E-state index in [0.717, 1.165) is 45.2 Å². The van der Waals surface area contributed by atoms with E-state index in [-0.39, 0.29) is 12.1 Å². The average Bonchev–Trinajstić information content (AvgIpc) is 3.35. The fourth-order valence-electron chi connectivity index (χ4n) is 4.70. The van der Waals surface area contributed by atoms with E-state index in [1.807, 2.05) is 35.0 Å². The third-order valence-corrected chi connectivity index (χ3v) is 6.43. The second kappa shape index (κ2) is 7.95. The summed E-state index contributed by atoms with van der Waals surface area (Å²) in [7, 11) is 3.34. The molecule has 2 aliphatic rings. The third-order valence-electron chi connectivity index (χ3n) is 6.43. The molecule has 0 saturated heterocycles. The van der Waals surface area contributed by atoms with E-state index in [0.29, 0.717) is 5.95 Å². The maximum atomic E-state index is 6.68. The standard InChI is InChI=1S/C27H24N4O3/c1-16-4-6-18(7-5-16)26-23-24(21-14-20(33-3)12-13-22(21)34-26)30-27-28-15-29-31(27)25(23)17-8-10-19(32-2)11-9-17/h4-15,25-26H,1-3H3,(H,28,29,30)/t25-,26-/m1/s1. The van der Waals surface area contributed by atoms with Crippen molar-refractivity contribution in [2.24, 2.45) is 0 Å². The summed E-state index contributed by atoms with van der Waals surface area (Å²) in [5, 5.41) is 8.11. The zero-order valence-corrected chi connectivity index (χ0v) is 19.1. The largest absolute Gasteiger partial charge is 0.497 e. The molecule has 2 atom stereocenters. The van der Waals surface area contributed by atoms with Gasteiger partial charge in [0.15, 0.2) is 0 Å². The summed E-state index contributed by atoms with van der Waals surface area (Å²) in [6, 6.07) is 22.2. The Morgan fingerprint density at radius 2 is 1.59 bits per heavy atom. The minimum atomic E-state index is -0.312. The van der Waals surface area contributed by atoms with Crippen molar-refractivity contribution in [3.05, 3.63) is 101 Å². The Hall–Kier alpha value is -4.26. The molecule has 0 radical (unpaired) electrons. The van der Waals surface area contributed by atoms with E-state index in [2.05, 4.69) is 58.7 Å². The van der Waals surface area contributed by atoms with Crippen LogP contribution in [0.1, 0.15) is 34.4 Å². The Morgan fingerprint density at radius 3 is 2.32 bits per heavy atom. The van der Waals surface area contributed by atoms with E-state index in [4.69, 9.17) is 14.2 Å². The SMILES string of the molecule is COc1ccc([C@@H]2C3=C(Nc4ncnn42)c2cc(OC)ccc2O[C@@H]3c2ccc(C)cc2)cc1. The van der Waals surface area contributed by atoms with Crippen LogP contribution in [0.25, 0.3) is 5.70 Å². The van der Waals surface area contributed by atoms with Crippen molar-refractivity contribution in [1.82, 2.24) is 14.8 Å². The maximum Gasteiger partial charge on any atom is 0.226 e. The normalized spacial score (nSPS) is 18.2. The number of hydrogen-bond donors (Lipinski definition) is 1. The molecule has 34 heavy (non-hydrogen) atoms. The molecule has 0 fully saturated rings. The summed E-state index contributed by atoms with van der Waals surface area (Å²) in [6.07, 6.45) is 1.26. The van der Waals surface area contributed by atoms with Crippen molar-refractivity contribution in [2.45, 2.75) is 19.1 Å². The summed E-state index contributed by atoms with van der Waals surface area (Å²) in [5.41, 5.74) is 6.30. The van der Waals surface area contributed by atoms with Gasteiger partial charge in [0.1, 0.15) is 35.7 Å². The highest BCUT2D eigenvalue weighted by molar-refractivity contribution is 5.85. The summed E-state index contributed by atoms with van der Waals surface area (Å²) in [4.78, 5) is 4.49. The van der Waals surface area contributed by atoms with Gasteiger partial charge in [-0.2, -0.15) is 10.1 Å². The fraction of sp³-hybridized carbons (Fsp3) is 0.185. The predicted molar refractivity (Wildman–Crippen MR) is 129 cm³/mol. The second-order valence-electron chi connectivity index (χ2n) is 8.43. The van der Waals surface area contributed by atoms with Crippen molar-refractivity contribution in [2.75, 3.05) is 19.5 Å². The van der Waals surface area contributed by atoms with Crippen molar-refractivity contribution in [3.63, 3.8) is 0 Å². The summed E-state index contributed by atoms with van der Waals surface area (Å²) >= 11 is 0. The second-order valence-corrected chi connectivity index (χ2v) is 8.43. The molecule has 0 saturated carbocycles. The van der Waals surface area contributed by atoms with E-state index in [9.17, 15) is 0 Å². The monoisotopic (exact) mass is 452 g/mol. The van der Waals surface area contributed by atoms with Crippen molar-refractivity contribution in [3.8, 4) is 17.2 Å². The zero-order chi connectivity index (χ0) is 23.2. The van der Waals surface area contributed by atoms with Crippen LogP contribution in [0, 0.1) is 6.92 Å². The summed E-state index contributed by atoms with van der Waals surface area (Å²) in [6.45, 7) is 2.09. The van der Waals surface area contributed by atoms with Crippen LogP contribution in [-0.2, 0) is 0 Å². The summed E-state index contributed by atoms with van der Waals surface area (Å²) < 4.78 is 19.5. The highest BCUT2D eigenvalue weighted by Gasteiger charge is 2.41. The number of fused-ring (bicyclic) bond motifs is 3. The first-order valence-electron chi connectivity index (χ1n) is 11.1. The first kappa shape index (κ1) is 20.4. The number of methoxy groups -OCH3 is 2. The highest BCUT2D eigenvalue weighted by Crippen LogP contribution is 2.51. The zero-order valence-electron chi connectivity index (χ0n) is 19.1. The van der Waals surface area contributed by atoms with Gasteiger partial charge < -0.3 is 19.5 Å². The summed E-state index contributed by atoms with van der Waals surface area (Å²) in [5.74, 6) is 3.03. The Labute approximate surface area is 197 Å². The molecule has 0 bridgehead atoms. The molecule has 3 aromatic carbocycles. The van der Waals surface area contributed by atoms with Crippen molar-refractivity contribution >= 4 is 11.6 Å². The first-order chi connectivity index (χ1) is 16.7. The molecule has 0 unspecified atom stereocenters. The average molecular weight is 453 g/mol. The first-order valence-corrected chi connectivity index (χ1v) is 11.1. The minimum Gasteiger partial charge on any atom is -0.497 e. The Bertz CT molecular complexity index is 1390. The van der Waals surface area contributed by atoms with Crippen molar-refractivity contribution in [1.29, 1.82) is 0 Å². The Kier molecular flexibility index (Phi) is 4.76. The molecule has 0 aliphatic carbocycles. The van der Waals surface area contributed by atoms with Gasteiger partial charge >= 0.3 is 0 Å². The number of aryl methyl sites for hydroxylation is 1. The van der Waals surface area contributed by atoms with Gasteiger partial charge in [0.05, 0.1) is 19.9 Å². The van der Waals surface area contributed by atoms with Gasteiger partial charge in [-0.1, -0.05) is 42.0 Å².